The van der Waals surface area contributed by atoms with Crippen molar-refractivity contribution < 1.29 is 14.3 Å². The molecule has 1 aliphatic rings. The first kappa shape index (κ1) is 21.4. The number of carbonyl (C=O) groups is 2. The number of nitrogens with zero attached hydrogens (tertiary/aromatic N) is 1. The van der Waals surface area contributed by atoms with E-state index in [-0.39, 0.29) is 18.5 Å². The average Bonchev–Trinajstić information content (AvgIpc) is 2.88. The molecule has 32 heavy (non-hydrogen) atoms. The van der Waals surface area contributed by atoms with Crippen molar-refractivity contribution in [2.24, 2.45) is 5.41 Å². The third-order valence-corrected chi connectivity index (χ3v) is 5.55. The highest BCUT2D eigenvalue weighted by Crippen LogP contribution is 2.38. The molecule has 6 nitrogen and oxygen atoms in total. The molecule has 164 valence electrons. The average molecular weight is 430 g/mol. The maximum Gasteiger partial charge on any atom is 0.319 e. The fourth-order valence-corrected chi connectivity index (χ4v) is 3.83. The Morgan fingerprint density at radius 1 is 1.16 bits per heavy atom. The zero-order valence-electron chi connectivity index (χ0n) is 18.4. The van der Waals surface area contributed by atoms with E-state index >= 15 is 0 Å². The fourth-order valence-electron chi connectivity index (χ4n) is 3.83. The second-order valence-corrected chi connectivity index (χ2v) is 8.51. The standard InChI is InChI=1S/C26H27N3O3/c1-4-14-29-22-15-20(12-13-23(22)32-17-26(2,3)24(29)30)28-25(31)27-16-19-10-7-9-18-8-5-6-11-21(18)19/h4-13,15H,1,14,16-17H2,2-3H3,(H2,27,28,31). The summed E-state index contributed by atoms with van der Waals surface area (Å²) in [4.78, 5) is 27.2. The molecule has 6 heteroatoms. The van der Waals surface area contributed by atoms with Gasteiger partial charge in [0.25, 0.3) is 0 Å². The van der Waals surface area contributed by atoms with Gasteiger partial charge >= 0.3 is 6.03 Å². The second kappa shape index (κ2) is 8.75. The van der Waals surface area contributed by atoms with Gasteiger partial charge in [0, 0.05) is 18.8 Å². The minimum atomic E-state index is -0.661. The van der Waals surface area contributed by atoms with Gasteiger partial charge in [0.2, 0.25) is 5.91 Å². The Morgan fingerprint density at radius 3 is 2.75 bits per heavy atom. The maximum absolute atomic E-state index is 13.0. The van der Waals surface area contributed by atoms with Gasteiger partial charge in [-0.2, -0.15) is 0 Å². The molecule has 2 N–H and O–H groups in total. The van der Waals surface area contributed by atoms with Crippen LogP contribution in [0.25, 0.3) is 10.8 Å². The number of carbonyl (C=O) groups excluding carboxylic acids is 2. The van der Waals surface area contributed by atoms with Crippen molar-refractivity contribution in [3.05, 3.63) is 78.9 Å². The molecule has 0 spiro atoms. The van der Waals surface area contributed by atoms with Gasteiger partial charge in [-0.3, -0.25) is 4.79 Å². The summed E-state index contributed by atoms with van der Waals surface area (Å²) in [6, 6.07) is 19.1. The highest BCUT2D eigenvalue weighted by Gasteiger charge is 2.37. The van der Waals surface area contributed by atoms with Gasteiger partial charge in [-0.1, -0.05) is 48.5 Å². The molecule has 4 rings (SSSR count). The highest BCUT2D eigenvalue weighted by molar-refractivity contribution is 6.00. The largest absolute Gasteiger partial charge is 0.490 e. The molecule has 3 aromatic carbocycles. The summed E-state index contributed by atoms with van der Waals surface area (Å²) in [5.74, 6) is 0.557. The van der Waals surface area contributed by atoms with Crippen LogP contribution in [-0.2, 0) is 11.3 Å². The van der Waals surface area contributed by atoms with Crippen molar-refractivity contribution in [3.8, 4) is 5.75 Å². The third-order valence-electron chi connectivity index (χ3n) is 5.55. The Hall–Kier alpha value is -3.80. The molecule has 1 heterocycles. The van der Waals surface area contributed by atoms with Gasteiger partial charge in [-0.05, 0) is 48.4 Å². The summed E-state index contributed by atoms with van der Waals surface area (Å²) in [5, 5.41) is 8.01. The van der Waals surface area contributed by atoms with Crippen LogP contribution in [0.1, 0.15) is 19.4 Å². The van der Waals surface area contributed by atoms with Gasteiger partial charge in [-0.15, -0.1) is 6.58 Å². The molecule has 0 radical (unpaired) electrons. The van der Waals surface area contributed by atoms with Gasteiger partial charge in [0.05, 0.1) is 11.1 Å². The molecule has 0 fully saturated rings. The van der Waals surface area contributed by atoms with E-state index < -0.39 is 5.41 Å². The fraction of sp³-hybridized carbons (Fsp3) is 0.231. The van der Waals surface area contributed by atoms with Crippen molar-refractivity contribution in [1.29, 1.82) is 0 Å². The van der Waals surface area contributed by atoms with Gasteiger partial charge in [0.15, 0.2) is 0 Å². The molecule has 0 atom stereocenters. The van der Waals surface area contributed by atoms with Crippen LogP contribution in [0.4, 0.5) is 16.2 Å². The summed E-state index contributed by atoms with van der Waals surface area (Å²) in [5.41, 5.74) is 1.57. The summed E-state index contributed by atoms with van der Waals surface area (Å²) >= 11 is 0. The van der Waals surface area contributed by atoms with Crippen molar-refractivity contribution in [1.82, 2.24) is 5.32 Å². The normalized spacial score (nSPS) is 14.8. The SMILES string of the molecule is C=CCN1C(=O)C(C)(C)COc2ccc(NC(=O)NCc3cccc4ccccc34)cc21. The first-order valence-corrected chi connectivity index (χ1v) is 10.6. The monoisotopic (exact) mass is 429 g/mol. The summed E-state index contributed by atoms with van der Waals surface area (Å²) in [6.45, 7) is 8.53. The Balaban J connectivity index is 1.50. The molecule has 0 aromatic heterocycles. The molecule has 0 bridgehead atoms. The van der Waals surface area contributed by atoms with E-state index in [4.69, 9.17) is 4.74 Å². The van der Waals surface area contributed by atoms with Crippen LogP contribution < -0.4 is 20.3 Å². The smallest absolute Gasteiger partial charge is 0.319 e. The number of amides is 3. The molecule has 1 aliphatic heterocycles. The zero-order valence-corrected chi connectivity index (χ0v) is 18.4. The van der Waals surface area contributed by atoms with Crippen molar-refractivity contribution in [3.63, 3.8) is 0 Å². The number of rotatable bonds is 5. The lowest BCUT2D eigenvalue weighted by atomic mass is 9.93. The van der Waals surface area contributed by atoms with Gasteiger partial charge < -0.3 is 20.3 Å². The van der Waals surface area contributed by atoms with Gasteiger partial charge in [-0.25, -0.2) is 4.79 Å². The Labute approximate surface area is 187 Å². The van der Waals surface area contributed by atoms with Gasteiger partial charge in [0.1, 0.15) is 12.4 Å². The third kappa shape index (κ3) is 4.30. The highest BCUT2D eigenvalue weighted by atomic mass is 16.5. The van der Waals surface area contributed by atoms with E-state index in [2.05, 4.69) is 17.2 Å². The second-order valence-electron chi connectivity index (χ2n) is 8.51. The number of hydrogen-bond donors (Lipinski definition) is 2. The minimum absolute atomic E-state index is 0.0475. The molecular formula is C26H27N3O3. The van der Waals surface area contributed by atoms with Crippen molar-refractivity contribution >= 4 is 34.1 Å². The number of fused-ring (bicyclic) bond motifs is 2. The number of benzene rings is 3. The topological polar surface area (TPSA) is 70.7 Å². The zero-order chi connectivity index (χ0) is 22.7. The molecule has 3 amide bonds. The lowest BCUT2D eigenvalue weighted by molar-refractivity contribution is -0.127. The van der Waals surface area contributed by atoms with E-state index in [9.17, 15) is 9.59 Å². The maximum atomic E-state index is 13.0. The van der Waals surface area contributed by atoms with Crippen LogP contribution in [0, 0.1) is 5.41 Å². The van der Waals surface area contributed by atoms with E-state index in [1.807, 2.05) is 56.3 Å². The lowest BCUT2D eigenvalue weighted by Gasteiger charge is -2.27. The number of ether oxygens (including phenoxy) is 1. The Morgan fingerprint density at radius 2 is 1.94 bits per heavy atom. The molecular weight excluding hydrogens is 402 g/mol. The first-order chi connectivity index (χ1) is 15.4. The number of anilines is 2. The summed E-state index contributed by atoms with van der Waals surface area (Å²) < 4.78 is 5.89. The lowest BCUT2D eigenvalue weighted by Crippen LogP contribution is -2.42. The van der Waals surface area contributed by atoms with Crippen LogP contribution in [-0.4, -0.2) is 25.1 Å². The predicted octanol–water partition coefficient (Wildman–Crippen LogP) is 5.10. The molecule has 3 aromatic rings. The number of nitrogens with one attached hydrogen (secondary N) is 2. The van der Waals surface area contributed by atoms with Crippen LogP contribution >= 0.6 is 0 Å². The number of hydrogen-bond acceptors (Lipinski definition) is 3. The van der Waals surface area contributed by atoms with Crippen LogP contribution in [0.15, 0.2) is 73.3 Å². The molecule has 0 saturated heterocycles. The van der Waals surface area contributed by atoms with Crippen molar-refractivity contribution in [2.45, 2.75) is 20.4 Å². The van der Waals surface area contributed by atoms with E-state index in [1.165, 1.54) is 0 Å². The molecule has 0 saturated carbocycles. The molecule has 0 unspecified atom stereocenters. The predicted molar refractivity (Wildman–Crippen MR) is 128 cm³/mol. The Kier molecular flexibility index (Phi) is 5.86. The summed E-state index contributed by atoms with van der Waals surface area (Å²) in [6.07, 6.45) is 1.68. The van der Waals surface area contributed by atoms with Crippen LogP contribution in [0.3, 0.4) is 0 Å². The summed E-state index contributed by atoms with van der Waals surface area (Å²) in [7, 11) is 0. The van der Waals surface area contributed by atoms with E-state index in [0.717, 1.165) is 16.3 Å². The van der Waals surface area contributed by atoms with Crippen molar-refractivity contribution in [2.75, 3.05) is 23.4 Å². The van der Waals surface area contributed by atoms with E-state index in [0.29, 0.717) is 30.2 Å². The minimum Gasteiger partial charge on any atom is -0.490 e. The number of urea groups is 1. The van der Waals surface area contributed by atoms with Crippen LogP contribution in [0.5, 0.6) is 5.75 Å². The van der Waals surface area contributed by atoms with E-state index in [1.54, 1.807) is 29.2 Å². The quantitative estimate of drug-likeness (QED) is 0.555. The van der Waals surface area contributed by atoms with Crippen LogP contribution in [0.2, 0.25) is 0 Å². The first-order valence-electron chi connectivity index (χ1n) is 10.6. The molecule has 0 aliphatic carbocycles. The Bertz CT molecular complexity index is 1180.